The Morgan fingerprint density at radius 2 is 2.09 bits per heavy atom. The molecule has 1 nitrogen and oxygen atoms in total. The van der Waals surface area contributed by atoms with Crippen LogP contribution < -0.4 is 0 Å². The van der Waals surface area contributed by atoms with E-state index >= 15 is 0 Å². The Labute approximate surface area is 69.9 Å². The number of unbranched alkanes of at least 4 members (excludes halogenated alkanes) is 1. The van der Waals surface area contributed by atoms with Gasteiger partial charge in [0, 0.05) is 13.0 Å². The topological polar surface area (TPSA) is 12.4 Å². The van der Waals surface area contributed by atoms with Crippen molar-refractivity contribution >= 4 is 5.71 Å². The number of nitrogens with zero attached hydrogens (tertiary/aromatic N) is 1. The van der Waals surface area contributed by atoms with Crippen LogP contribution in [0.15, 0.2) is 4.99 Å². The molecule has 62 valence electrons. The highest BCUT2D eigenvalue weighted by atomic mass is 14.7. The monoisotopic (exact) mass is 151 g/mol. The van der Waals surface area contributed by atoms with Gasteiger partial charge in [0.25, 0.3) is 0 Å². The number of rotatable bonds is 3. The molecule has 0 aromatic heterocycles. The van der Waals surface area contributed by atoms with Crippen LogP contribution in [0, 0.1) is 11.8 Å². The van der Waals surface area contributed by atoms with Crippen LogP contribution in [0.3, 0.4) is 0 Å². The molecule has 0 aromatic carbocycles. The van der Waals surface area contributed by atoms with E-state index in [0.717, 1.165) is 18.7 Å². The first-order valence-electron chi connectivity index (χ1n) is 4.31. The van der Waals surface area contributed by atoms with Gasteiger partial charge in [-0.25, -0.2) is 0 Å². The maximum Gasteiger partial charge on any atom is 0.0812 e. The van der Waals surface area contributed by atoms with Gasteiger partial charge in [0.2, 0.25) is 0 Å². The van der Waals surface area contributed by atoms with Gasteiger partial charge in [-0.05, 0) is 13.3 Å². The molecule has 0 saturated carbocycles. The molecular formula is C10H17N. The summed E-state index contributed by atoms with van der Waals surface area (Å²) in [5.74, 6) is 5.99. The van der Waals surface area contributed by atoms with Crippen LogP contribution in [0.1, 0.15) is 40.0 Å². The smallest absolute Gasteiger partial charge is 0.0812 e. The molecule has 0 aliphatic carbocycles. The Morgan fingerprint density at radius 3 is 2.64 bits per heavy atom. The molecule has 0 radical (unpaired) electrons. The van der Waals surface area contributed by atoms with Gasteiger partial charge in [-0.1, -0.05) is 32.1 Å². The lowest BCUT2D eigenvalue weighted by Crippen LogP contribution is -1.88. The van der Waals surface area contributed by atoms with E-state index in [0.29, 0.717) is 0 Å². The summed E-state index contributed by atoms with van der Waals surface area (Å²) in [6.45, 7) is 7.12. The van der Waals surface area contributed by atoms with Crippen molar-refractivity contribution in [2.24, 2.45) is 4.99 Å². The van der Waals surface area contributed by atoms with E-state index < -0.39 is 0 Å². The highest BCUT2D eigenvalue weighted by Crippen LogP contribution is 1.87. The summed E-state index contributed by atoms with van der Waals surface area (Å²) in [5.41, 5.74) is 0.972. The lowest BCUT2D eigenvalue weighted by Gasteiger charge is -1.89. The van der Waals surface area contributed by atoms with E-state index in [4.69, 9.17) is 0 Å². The van der Waals surface area contributed by atoms with E-state index in [-0.39, 0.29) is 0 Å². The second-order valence-electron chi connectivity index (χ2n) is 2.48. The summed E-state index contributed by atoms with van der Waals surface area (Å²) in [6.07, 6.45) is 3.30. The highest BCUT2D eigenvalue weighted by molar-refractivity contribution is 5.98. The Balaban J connectivity index is 3.62. The van der Waals surface area contributed by atoms with Gasteiger partial charge in [0.05, 0.1) is 5.71 Å². The molecule has 0 N–H and O–H groups in total. The van der Waals surface area contributed by atoms with E-state index in [9.17, 15) is 0 Å². The fraction of sp³-hybridized carbons (Fsp3) is 0.700. The summed E-state index contributed by atoms with van der Waals surface area (Å²) in [6, 6.07) is 0. The molecule has 0 aliphatic rings. The molecule has 0 heterocycles. The second-order valence-corrected chi connectivity index (χ2v) is 2.48. The Kier molecular flexibility index (Phi) is 6.82. The first-order chi connectivity index (χ1) is 5.31. The van der Waals surface area contributed by atoms with Gasteiger partial charge in [0.1, 0.15) is 0 Å². The van der Waals surface area contributed by atoms with Gasteiger partial charge in [-0.15, -0.1) is 0 Å². The fourth-order valence-corrected chi connectivity index (χ4v) is 0.661. The van der Waals surface area contributed by atoms with E-state index in [1.54, 1.807) is 0 Å². The van der Waals surface area contributed by atoms with Crippen molar-refractivity contribution in [3.05, 3.63) is 0 Å². The van der Waals surface area contributed by atoms with Crippen LogP contribution in [-0.4, -0.2) is 12.3 Å². The summed E-state index contributed by atoms with van der Waals surface area (Å²) in [4.78, 5) is 4.29. The van der Waals surface area contributed by atoms with Crippen molar-refractivity contribution in [1.82, 2.24) is 0 Å². The Morgan fingerprint density at radius 1 is 1.36 bits per heavy atom. The van der Waals surface area contributed by atoms with Gasteiger partial charge in [0.15, 0.2) is 0 Å². The maximum absolute atomic E-state index is 4.29. The largest absolute Gasteiger partial charge is 0.281 e. The SMILES string of the molecule is CCC#CC(C)=NCCCC. The molecular weight excluding hydrogens is 134 g/mol. The summed E-state index contributed by atoms with van der Waals surface area (Å²) >= 11 is 0. The van der Waals surface area contributed by atoms with Crippen LogP contribution in [0.4, 0.5) is 0 Å². The third kappa shape index (κ3) is 7.12. The van der Waals surface area contributed by atoms with Gasteiger partial charge < -0.3 is 0 Å². The predicted octanol–water partition coefficient (Wildman–Crippen LogP) is 2.66. The van der Waals surface area contributed by atoms with E-state index in [2.05, 4.69) is 23.8 Å². The first-order valence-corrected chi connectivity index (χ1v) is 4.31. The summed E-state index contributed by atoms with van der Waals surface area (Å²) in [5, 5.41) is 0. The lowest BCUT2D eigenvalue weighted by molar-refractivity contribution is 0.808. The normalized spacial score (nSPS) is 10.6. The van der Waals surface area contributed by atoms with Gasteiger partial charge >= 0.3 is 0 Å². The van der Waals surface area contributed by atoms with Crippen molar-refractivity contribution in [3.8, 4) is 11.8 Å². The van der Waals surface area contributed by atoms with Crippen LogP contribution in [0.2, 0.25) is 0 Å². The molecule has 0 aliphatic heterocycles. The third-order valence-electron chi connectivity index (χ3n) is 1.31. The van der Waals surface area contributed by atoms with Gasteiger partial charge in [-0.2, -0.15) is 0 Å². The minimum atomic E-state index is 0.917. The van der Waals surface area contributed by atoms with Crippen molar-refractivity contribution in [3.63, 3.8) is 0 Å². The van der Waals surface area contributed by atoms with Crippen molar-refractivity contribution in [2.45, 2.75) is 40.0 Å². The van der Waals surface area contributed by atoms with Crippen molar-refractivity contribution < 1.29 is 0 Å². The minimum Gasteiger partial charge on any atom is -0.281 e. The third-order valence-corrected chi connectivity index (χ3v) is 1.31. The molecule has 0 spiro atoms. The molecule has 1 heteroatoms. The standard InChI is InChI=1S/C10H17N/c1-4-6-8-10(3)11-9-7-5-2/h4-5,7,9H2,1-3H3. The molecule has 0 aromatic rings. The molecule has 0 fully saturated rings. The van der Waals surface area contributed by atoms with Crippen molar-refractivity contribution in [1.29, 1.82) is 0 Å². The number of hydrogen-bond acceptors (Lipinski definition) is 1. The second kappa shape index (κ2) is 7.34. The molecule has 0 saturated heterocycles. The zero-order valence-corrected chi connectivity index (χ0v) is 7.78. The van der Waals surface area contributed by atoms with Crippen LogP contribution in [0.25, 0.3) is 0 Å². The van der Waals surface area contributed by atoms with Gasteiger partial charge in [-0.3, -0.25) is 4.99 Å². The number of aliphatic imine (C=N–C) groups is 1. The van der Waals surface area contributed by atoms with Crippen molar-refractivity contribution in [2.75, 3.05) is 6.54 Å². The van der Waals surface area contributed by atoms with E-state index in [1.807, 2.05) is 13.8 Å². The Hall–Kier alpha value is -0.770. The predicted molar refractivity (Wildman–Crippen MR) is 51.0 cm³/mol. The fourth-order valence-electron chi connectivity index (χ4n) is 0.661. The zero-order chi connectivity index (χ0) is 8.53. The highest BCUT2D eigenvalue weighted by Gasteiger charge is 1.82. The first kappa shape index (κ1) is 10.2. The molecule has 0 bridgehead atoms. The van der Waals surface area contributed by atoms with Crippen LogP contribution >= 0.6 is 0 Å². The molecule has 0 rings (SSSR count). The molecule has 0 unspecified atom stereocenters. The van der Waals surface area contributed by atoms with Crippen LogP contribution in [-0.2, 0) is 0 Å². The molecule has 0 amide bonds. The molecule has 11 heavy (non-hydrogen) atoms. The maximum atomic E-state index is 4.29. The average molecular weight is 151 g/mol. The summed E-state index contributed by atoms with van der Waals surface area (Å²) in [7, 11) is 0. The summed E-state index contributed by atoms with van der Waals surface area (Å²) < 4.78 is 0. The van der Waals surface area contributed by atoms with Crippen LogP contribution in [0.5, 0.6) is 0 Å². The Bertz CT molecular complexity index is 169. The lowest BCUT2D eigenvalue weighted by atomic mass is 10.3. The number of hydrogen-bond donors (Lipinski definition) is 0. The average Bonchev–Trinajstić information content (AvgIpc) is 2.01. The zero-order valence-electron chi connectivity index (χ0n) is 7.78. The minimum absolute atomic E-state index is 0.917. The quantitative estimate of drug-likeness (QED) is 0.334. The van der Waals surface area contributed by atoms with E-state index in [1.165, 1.54) is 12.8 Å². The molecule has 0 atom stereocenters.